The molecule has 1 aliphatic rings. The maximum absolute atomic E-state index is 5.37. The SMILES string of the molecule is COC1(OC)C=CC(Cc2ccccc2)=CC1. The second-order valence-electron chi connectivity index (χ2n) is 4.20. The van der Waals surface area contributed by atoms with Crippen molar-refractivity contribution in [1.82, 2.24) is 0 Å². The van der Waals surface area contributed by atoms with Crippen LogP contribution in [0.4, 0.5) is 0 Å². The second kappa shape index (κ2) is 5.30. The van der Waals surface area contributed by atoms with E-state index in [9.17, 15) is 0 Å². The van der Waals surface area contributed by atoms with E-state index in [2.05, 4.69) is 36.4 Å². The molecule has 0 N–H and O–H groups in total. The average molecular weight is 230 g/mol. The molecule has 1 aromatic carbocycles. The molecule has 2 heteroatoms. The zero-order valence-electron chi connectivity index (χ0n) is 10.3. The van der Waals surface area contributed by atoms with Gasteiger partial charge in [0.2, 0.25) is 0 Å². The second-order valence-corrected chi connectivity index (χ2v) is 4.20. The Morgan fingerprint density at radius 2 is 1.82 bits per heavy atom. The first-order valence-corrected chi connectivity index (χ1v) is 5.80. The predicted octanol–water partition coefficient (Wildman–Crippen LogP) is 3.10. The van der Waals surface area contributed by atoms with Crippen LogP contribution in [0, 0.1) is 0 Å². The topological polar surface area (TPSA) is 18.5 Å². The molecular weight excluding hydrogens is 212 g/mol. The van der Waals surface area contributed by atoms with E-state index >= 15 is 0 Å². The number of hydrogen-bond donors (Lipinski definition) is 0. The van der Waals surface area contributed by atoms with Crippen LogP contribution in [0.2, 0.25) is 0 Å². The lowest BCUT2D eigenvalue weighted by molar-refractivity contribution is -0.167. The fourth-order valence-corrected chi connectivity index (χ4v) is 1.99. The van der Waals surface area contributed by atoms with Crippen LogP contribution in [-0.4, -0.2) is 20.0 Å². The van der Waals surface area contributed by atoms with Gasteiger partial charge in [0.25, 0.3) is 0 Å². The Morgan fingerprint density at radius 3 is 2.35 bits per heavy atom. The Balaban J connectivity index is 2.03. The predicted molar refractivity (Wildman–Crippen MR) is 68.7 cm³/mol. The van der Waals surface area contributed by atoms with E-state index in [1.807, 2.05) is 12.1 Å². The number of allylic oxidation sites excluding steroid dienone is 2. The summed E-state index contributed by atoms with van der Waals surface area (Å²) >= 11 is 0. The fraction of sp³-hybridized carbons (Fsp3) is 0.333. The average Bonchev–Trinajstić information content (AvgIpc) is 2.41. The lowest BCUT2D eigenvalue weighted by Crippen LogP contribution is -2.32. The van der Waals surface area contributed by atoms with Crippen LogP contribution < -0.4 is 0 Å². The maximum Gasteiger partial charge on any atom is 0.190 e. The van der Waals surface area contributed by atoms with E-state index in [1.54, 1.807) is 14.2 Å². The van der Waals surface area contributed by atoms with Crippen LogP contribution >= 0.6 is 0 Å². The Kier molecular flexibility index (Phi) is 3.77. The van der Waals surface area contributed by atoms with Crippen LogP contribution in [0.25, 0.3) is 0 Å². The molecule has 0 unspecified atom stereocenters. The molecule has 0 amide bonds. The summed E-state index contributed by atoms with van der Waals surface area (Å²) in [5.41, 5.74) is 2.63. The van der Waals surface area contributed by atoms with Crippen molar-refractivity contribution in [3.8, 4) is 0 Å². The van der Waals surface area contributed by atoms with E-state index in [1.165, 1.54) is 11.1 Å². The normalized spacial score (nSPS) is 17.9. The van der Waals surface area contributed by atoms with Gasteiger partial charge in [0.15, 0.2) is 5.79 Å². The van der Waals surface area contributed by atoms with Crippen LogP contribution in [0.1, 0.15) is 12.0 Å². The molecule has 0 saturated heterocycles. The third-order valence-corrected chi connectivity index (χ3v) is 3.14. The lowest BCUT2D eigenvalue weighted by atomic mass is 9.96. The minimum absolute atomic E-state index is 0.569. The first-order valence-electron chi connectivity index (χ1n) is 5.80. The minimum atomic E-state index is -0.569. The highest BCUT2D eigenvalue weighted by atomic mass is 16.7. The largest absolute Gasteiger partial charge is 0.349 e. The minimum Gasteiger partial charge on any atom is -0.349 e. The quantitative estimate of drug-likeness (QED) is 0.740. The summed E-state index contributed by atoms with van der Waals surface area (Å²) in [6.45, 7) is 0. The summed E-state index contributed by atoms with van der Waals surface area (Å²) in [6.07, 6.45) is 7.98. The van der Waals surface area contributed by atoms with E-state index in [0.29, 0.717) is 0 Å². The van der Waals surface area contributed by atoms with Gasteiger partial charge in [-0.2, -0.15) is 0 Å². The highest BCUT2D eigenvalue weighted by Gasteiger charge is 2.27. The first kappa shape index (κ1) is 12.1. The van der Waals surface area contributed by atoms with Gasteiger partial charge in [0, 0.05) is 20.6 Å². The molecule has 0 radical (unpaired) electrons. The number of hydrogen-bond acceptors (Lipinski definition) is 2. The summed E-state index contributed by atoms with van der Waals surface area (Å²) < 4.78 is 10.7. The zero-order chi connectivity index (χ0) is 12.1. The molecule has 0 saturated carbocycles. The number of rotatable bonds is 4. The van der Waals surface area contributed by atoms with E-state index in [-0.39, 0.29) is 0 Å². The molecule has 1 aromatic rings. The summed E-state index contributed by atoms with van der Waals surface area (Å²) in [5, 5.41) is 0. The fourth-order valence-electron chi connectivity index (χ4n) is 1.99. The zero-order valence-corrected chi connectivity index (χ0v) is 10.3. The summed E-state index contributed by atoms with van der Waals surface area (Å²) in [5.74, 6) is -0.569. The lowest BCUT2D eigenvalue weighted by Gasteiger charge is -2.29. The molecule has 1 aliphatic carbocycles. The van der Waals surface area contributed by atoms with E-state index in [4.69, 9.17) is 9.47 Å². The monoisotopic (exact) mass is 230 g/mol. The summed E-state index contributed by atoms with van der Waals surface area (Å²) in [6, 6.07) is 10.5. The van der Waals surface area contributed by atoms with Crippen LogP contribution in [0.5, 0.6) is 0 Å². The standard InChI is InChI=1S/C15H18O2/c1-16-15(17-2)10-8-14(9-11-15)12-13-6-4-3-5-7-13/h3-10H,11-12H2,1-2H3. The van der Waals surface area contributed by atoms with Crippen molar-refractivity contribution in [1.29, 1.82) is 0 Å². The smallest absolute Gasteiger partial charge is 0.190 e. The molecule has 0 aromatic heterocycles. The Bertz CT molecular complexity index is 414. The first-order chi connectivity index (χ1) is 8.28. The van der Waals surface area contributed by atoms with Crippen molar-refractivity contribution >= 4 is 0 Å². The van der Waals surface area contributed by atoms with Crippen molar-refractivity contribution in [2.75, 3.05) is 14.2 Å². The van der Waals surface area contributed by atoms with Gasteiger partial charge in [-0.05, 0) is 23.6 Å². The molecule has 0 atom stereocenters. The Labute approximate surface area is 103 Å². The van der Waals surface area contributed by atoms with Crippen molar-refractivity contribution in [2.45, 2.75) is 18.6 Å². The Morgan fingerprint density at radius 1 is 1.12 bits per heavy atom. The van der Waals surface area contributed by atoms with E-state index < -0.39 is 5.79 Å². The molecule has 0 spiro atoms. The van der Waals surface area contributed by atoms with Crippen molar-refractivity contribution < 1.29 is 9.47 Å². The van der Waals surface area contributed by atoms with Gasteiger partial charge >= 0.3 is 0 Å². The highest BCUT2D eigenvalue weighted by Crippen LogP contribution is 2.26. The molecule has 0 fully saturated rings. The molecule has 90 valence electrons. The van der Waals surface area contributed by atoms with Gasteiger partial charge in [-0.25, -0.2) is 0 Å². The molecule has 2 rings (SSSR count). The van der Waals surface area contributed by atoms with Crippen LogP contribution in [-0.2, 0) is 15.9 Å². The maximum atomic E-state index is 5.37. The number of ether oxygens (including phenoxy) is 2. The highest BCUT2D eigenvalue weighted by molar-refractivity contribution is 5.32. The number of benzene rings is 1. The van der Waals surface area contributed by atoms with Gasteiger partial charge in [0.1, 0.15) is 0 Å². The van der Waals surface area contributed by atoms with Gasteiger partial charge in [-0.3, -0.25) is 0 Å². The molecule has 0 bridgehead atoms. The van der Waals surface area contributed by atoms with Crippen molar-refractivity contribution in [3.05, 3.63) is 59.7 Å². The molecule has 2 nitrogen and oxygen atoms in total. The van der Waals surface area contributed by atoms with Gasteiger partial charge in [-0.1, -0.05) is 42.5 Å². The Hall–Kier alpha value is -1.38. The van der Waals surface area contributed by atoms with Gasteiger partial charge in [0.05, 0.1) is 0 Å². The van der Waals surface area contributed by atoms with Crippen molar-refractivity contribution in [2.24, 2.45) is 0 Å². The third-order valence-electron chi connectivity index (χ3n) is 3.14. The van der Waals surface area contributed by atoms with Gasteiger partial charge in [-0.15, -0.1) is 0 Å². The van der Waals surface area contributed by atoms with Crippen molar-refractivity contribution in [3.63, 3.8) is 0 Å². The molecule has 0 heterocycles. The summed E-state index contributed by atoms with van der Waals surface area (Å²) in [7, 11) is 3.34. The molecular formula is C15H18O2. The van der Waals surface area contributed by atoms with Gasteiger partial charge < -0.3 is 9.47 Å². The number of methoxy groups -OCH3 is 2. The van der Waals surface area contributed by atoms with E-state index in [0.717, 1.165) is 12.8 Å². The molecule has 17 heavy (non-hydrogen) atoms. The third kappa shape index (κ3) is 2.84. The molecule has 0 aliphatic heterocycles. The van der Waals surface area contributed by atoms with Crippen LogP contribution in [0.15, 0.2) is 54.1 Å². The summed E-state index contributed by atoms with van der Waals surface area (Å²) in [4.78, 5) is 0. The van der Waals surface area contributed by atoms with Crippen LogP contribution in [0.3, 0.4) is 0 Å².